The molecule has 2 fully saturated rings. The molecule has 38 heavy (non-hydrogen) atoms. The molecule has 2 aliphatic heterocycles. The Labute approximate surface area is 229 Å². The molecule has 208 valence electrons. The molecule has 5 amide bonds. The summed E-state index contributed by atoms with van der Waals surface area (Å²) in [6, 6.07) is 2.64. The summed E-state index contributed by atoms with van der Waals surface area (Å²) in [5.74, 6) is -3.90. The van der Waals surface area contributed by atoms with Crippen LogP contribution in [0.4, 0.5) is 0 Å². The van der Waals surface area contributed by atoms with E-state index in [1.54, 1.807) is 37.3 Å². The fourth-order valence-corrected chi connectivity index (χ4v) is 5.04. The number of carbonyl (C=O) groups excluding carboxylic acids is 5. The zero-order chi connectivity index (χ0) is 28.0. The topological polar surface area (TPSA) is 177 Å². The predicted octanol–water partition coefficient (Wildman–Crippen LogP) is -1.48. The molecule has 2 aliphatic rings. The van der Waals surface area contributed by atoms with Gasteiger partial charge in [-0.05, 0) is 12.0 Å². The van der Waals surface area contributed by atoms with E-state index in [0.717, 1.165) is 4.90 Å². The van der Waals surface area contributed by atoms with Crippen molar-refractivity contribution in [3.8, 4) is 0 Å². The molecule has 0 aromatic heterocycles. The van der Waals surface area contributed by atoms with E-state index in [-0.39, 0.29) is 19.4 Å². The first-order valence-electron chi connectivity index (χ1n) is 12.2. The van der Waals surface area contributed by atoms with Gasteiger partial charge in [-0.25, -0.2) is 0 Å². The van der Waals surface area contributed by atoms with Gasteiger partial charge in [0, 0.05) is 19.0 Å². The largest absolute Gasteiger partial charge is 0.394 e. The van der Waals surface area contributed by atoms with Crippen molar-refractivity contribution in [2.24, 2.45) is 0 Å². The number of aliphatic hydroxyl groups excluding tert-OH is 2. The minimum Gasteiger partial charge on any atom is -0.394 e. The van der Waals surface area contributed by atoms with Gasteiger partial charge in [0.1, 0.15) is 24.2 Å². The lowest BCUT2D eigenvalue weighted by Crippen LogP contribution is -2.60. The Morgan fingerprint density at radius 3 is 2.13 bits per heavy atom. The van der Waals surface area contributed by atoms with Gasteiger partial charge in [0.15, 0.2) is 0 Å². The Morgan fingerprint density at radius 1 is 0.895 bits per heavy atom. The van der Waals surface area contributed by atoms with E-state index >= 15 is 0 Å². The highest BCUT2D eigenvalue weighted by molar-refractivity contribution is 6.32. The van der Waals surface area contributed by atoms with Crippen LogP contribution in [0.2, 0.25) is 0 Å². The summed E-state index contributed by atoms with van der Waals surface area (Å²) < 4.78 is 0. The molecule has 7 atom stereocenters. The average Bonchev–Trinajstić information content (AvgIpc) is 3.21. The van der Waals surface area contributed by atoms with E-state index in [2.05, 4.69) is 21.3 Å². The van der Waals surface area contributed by atoms with Crippen molar-refractivity contribution in [3.63, 3.8) is 0 Å². The first kappa shape index (κ1) is 29.8. The van der Waals surface area contributed by atoms with Crippen molar-refractivity contribution in [1.82, 2.24) is 26.2 Å². The van der Waals surface area contributed by atoms with E-state index in [1.165, 1.54) is 0 Å². The maximum atomic E-state index is 13.3. The van der Waals surface area contributed by atoms with Crippen LogP contribution in [0.3, 0.4) is 0 Å². The molecule has 0 bridgehead atoms. The molecule has 14 heteroatoms. The van der Waals surface area contributed by atoms with Crippen LogP contribution in [0.5, 0.6) is 0 Å². The molecule has 0 spiro atoms. The summed E-state index contributed by atoms with van der Waals surface area (Å²) in [4.78, 5) is 66.3. The first-order chi connectivity index (χ1) is 18.1. The van der Waals surface area contributed by atoms with Gasteiger partial charge < -0.3 is 25.7 Å². The number of benzene rings is 1. The number of nitrogens with zero attached hydrogens (tertiary/aromatic N) is 1. The molecule has 3 rings (SSSR count). The minimum absolute atomic E-state index is 0.0992. The molecule has 1 aromatic carbocycles. The normalized spacial score (nSPS) is 31.9. The van der Waals surface area contributed by atoms with Crippen LogP contribution >= 0.6 is 23.2 Å². The summed E-state index contributed by atoms with van der Waals surface area (Å²) in [5.41, 5.74) is 0.599. The van der Waals surface area contributed by atoms with E-state index < -0.39 is 83.7 Å². The van der Waals surface area contributed by atoms with Crippen molar-refractivity contribution < 1.29 is 34.2 Å². The summed E-state index contributed by atoms with van der Waals surface area (Å²) in [6.07, 6.45) is -0.189. The molecule has 0 aliphatic carbocycles. The number of amides is 5. The lowest BCUT2D eigenvalue weighted by atomic mass is 10.0. The average molecular weight is 572 g/mol. The summed E-state index contributed by atoms with van der Waals surface area (Å²) in [5, 5.41) is 28.0. The van der Waals surface area contributed by atoms with Crippen LogP contribution in [0.25, 0.3) is 0 Å². The van der Waals surface area contributed by atoms with Crippen LogP contribution in [-0.2, 0) is 24.0 Å². The summed E-state index contributed by atoms with van der Waals surface area (Å²) in [7, 11) is 0. The minimum atomic E-state index is -1.41. The van der Waals surface area contributed by atoms with Crippen molar-refractivity contribution in [1.29, 1.82) is 0 Å². The maximum absolute atomic E-state index is 13.3. The number of imide groups is 1. The second-order valence-electron chi connectivity index (χ2n) is 9.09. The number of aliphatic hydroxyl groups is 2. The molecule has 6 N–H and O–H groups in total. The number of hydrogen-bond donors (Lipinski definition) is 6. The quantitative estimate of drug-likeness (QED) is 0.187. The zero-order valence-corrected chi connectivity index (χ0v) is 22.1. The van der Waals surface area contributed by atoms with Crippen LogP contribution < -0.4 is 21.3 Å². The lowest BCUT2D eigenvalue weighted by Gasteiger charge is -2.31. The highest BCUT2D eigenvalue weighted by Crippen LogP contribution is 2.29. The van der Waals surface area contributed by atoms with Crippen LogP contribution in [0, 0.1) is 0 Å². The Hall–Kier alpha value is -2.77. The molecule has 1 aromatic rings. The third-order valence-corrected chi connectivity index (χ3v) is 7.58. The molecular formula is C24H31Cl2N5O7. The van der Waals surface area contributed by atoms with E-state index in [0.29, 0.717) is 5.56 Å². The number of carbonyl (C=O) groups is 5. The number of rotatable bonds is 4. The lowest BCUT2D eigenvalue weighted by molar-refractivity contribution is -0.143. The van der Waals surface area contributed by atoms with Gasteiger partial charge in [-0.3, -0.25) is 34.6 Å². The fourth-order valence-electron chi connectivity index (χ4n) is 4.43. The highest BCUT2D eigenvalue weighted by atomic mass is 35.5. The fraction of sp³-hybridized carbons (Fsp3) is 0.542. The maximum Gasteiger partial charge on any atom is 0.249 e. The predicted molar refractivity (Wildman–Crippen MR) is 137 cm³/mol. The SMILES string of the molecule is CCC1NC(=O)C2C(Cl)C(Cl)CN2C(=O)C(CO)NC(=O)CC(c2ccccc2)NC(CO)C(=O)NC1=O. The molecule has 0 saturated carbocycles. The van der Waals surface area contributed by atoms with Gasteiger partial charge in [-0.15, -0.1) is 23.2 Å². The Balaban J connectivity index is 2.00. The number of alkyl halides is 2. The van der Waals surface area contributed by atoms with Gasteiger partial charge in [-0.1, -0.05) is 37.3 Å². The van der Waals surface area contributed by atoms with Gasteiger partial charge in [0.05, 0.1) is 24.0 Å². The number of hydrogen-bond acceptors (Lipinski definition) is 8. The standard InChI is InChI=1S/C24H31Cl2N5O7/c1-2-14-21(35)30-22(36)16(10-32)27-15(12-6-4-3-5-7-12)8-18(34)28-17(11-33)24(38)31-9-13(25)19(26)20(31)23(37)29-14/h3-7,13-17,19-20,27,32-33H,2,8-11H2,1H3,(H,28,34)(H,29,37)(H,30,35,36). The molecule has 0 radical (unpaired) electrons. The second kappa shape index (κ2) is 13.3. The van der Waals surface area contributed by atoms with E-state index in [4.69, 9.17) is 23.2 Å². The van der Waals surface area contributed by atoms with Crippen LogP contribution in [0.1, 0.15) is 31.4 Å². The highest BCUT2D eigenvalue weighted by Gasteiger charge is 2.48. The third-order valence-electron chi connectivity index (χ3n) is 6.50. The molecule has 12 nitrogen and oxygen atoms in total. The van der Waals surface area contributed by atoms with Gasteiger partial charge in [0.2, 0.25) is 29.5 Å². The van der Waals surface area contributed by atoms with Crippen molar-refractivity contribution in [2.75, 3.05) is 19.8 Å². The van der Waals surface area contributed by atoms with Crippen molar-refractivity contribution in [2.45, 2.75) is 60.7 Å². The first-order valence-corrected chi connectivity index (χ1v) is 13.0. The molecular weight excluding hydrogens is 541 g/mol. The van der Waals surface area contributed by atoms with Crippen molar-refractivity contribution >= 4 is 52.7 Å². The second-order valence-corrected chi connectivity index (χ2v) is 10.2. The summed E-state index contributed by atoms with van der Waals surface area (Å²) >= 11 is 12.6. The summed E-state index contributed by atoms with van der Waals surface area (Å²) in [6.45, 7) is 0.00830. The van der Waals surface area contributed by atoms with Crippen molar-refractivity contribution in [3.05, 3.63) is 35.9 Å². The van der Waals surface area contributed by atoms with Gasteiger partial charge in [-0.2, -0.15) is 0 Å². The van der Waals surface area contributed by atoms with E-state index in [1.807, 2.05) is 0 Å². The number of fused-ring (bicyclic) bond motifs is 1. The van der Waals surface area contributed by atoms with Gasteiger partial charge in [0.25, 0.3) is 0 Å². The smallest absolute Gasteiger partial charge is 0.249 e. The monoisotopic (exact) mass is 571 g/mol. The van der Waals surface area contributed by atoms with Gasteiger partial charge >= 0.3 is 0 Å². The molecule has 2 saturated heterocycles. The van der Waals surface area contributed by atoms with E-state index in [9.17, 15) is 34.2 Å². The number of halogens is 2. The molecule has 2 heterocycles. The Morgan fingerprint density at radius 2 is 1.53 bits per heavy atom. The Bertz CT molecular complexity index is 1050. The zero-order valence-electron chi connectivity index (χ0n) is 20.6. The Kier molecular flexibility index (Phi) is 10.5. The van der Waals surface area contributed by atoms with Crippen LogP contribution in [0.15, 0.2) is 30.3 Å². The molecule has 7 unspecified atom stereocenters. The third kappa shape index (κ3) is 6.80. The number of nitrogens with one attached hydrogen (secondary N) is 4. The van der Waals surface area contributed by atoms with Crippen LogP contribution in [-0.4, -0.2) is 99.3 Å².